The third-order valence-corrected chi connectivity index (χ3v) is 4.04. The van der Waals surface area contributed by atoms with Gasteiger partial charge in [0.25, 0.3) is 5.91 Å². The SMILES string of the molecule is N#Cc1ccc(C(=O)NC[C@@H]2CCCS2)nc1. The van der Waals surface area contributed by atoms with Crippen LogP contribution in [-0.2, 0) is 0 Å². The van der Waals surface area contributed by atoms with Crippen molar-refractivity contribution in [3.05, 3.63) is 29.6 Å². The molecule has 0 bridgehead atoms. The van der Waals surface area contributed by atoms with Crippen molar-refractivity contribution in [3.8, 4) is 6.07 Å². The Kier molecular flexibility index (Phi) is 3.99. The maximum atomic E-state index is 11.7. The predicted octanol–water partition coefficient (Wildman–Crippen LogP) is 1.58. The summed E-state index contributed by atoms with van der Waals surface area (Å²) in [7, 11) is 0. The van der Waals surface area contributed by atoms with E-state index in [9.17, 15) is 4.79 Å². The van der Waals surface area contributed by atoms with Crippen LogP contribution in [0.4, 0.5) is 0 Å². The Morgan fingerprint density at radius 2 is 2.53 bits per heavy atom. The summed E-state index contributed by atoms with van der Waals surface area (Å²) in [5, 5.41) is 12.0. The number of carbonyl (C=O) groups excluding carboxylic acids is 1. The molecule has 1 fully saturated rings. The number of hydrogen-bond acceptors (Lipinski definition) is 4. The molecule has 1 N–H and O–H groups in total. The third kappa shape index (κ3) is 3.21. The van der Waals surface area contributed by atoms with Crippen LogP contribution in [0.5, 0.6) is 0 Å². The molecule has 0 aromatic carbocycles. The van der Waals surface area contributed by atoms with Crippen molar-refractivity contribution in [1.29, 1.82) is 5.26 Å². The molecule has 2 heterocycles. The first-order valence-corrected chi connectivity index (χ1v) is 6.60. The van der Waals surface area contributed by atoms with E-state index in [0.29, 0.717) is 23.1 Å². The van der Waals surface area contributed by atoms with Crippen molar-refractivity contribution in [2.45, 2.75) is 18.1 Å². The molecule has 1 aromatic heterocycles. The topological polar surface area (TPSA) is 65.8 Å². The lowest BCUT2D eigenvalue weighted by Crippen LogP contribution is -2.30. The molecule has 1 aliphatic rings. The average molecular weight is 247 g/mol. The molecule has 1 amide bonds. The summed E-state index contributed by atoms with van der Waals surface area (Å²) in [6.45, 7) is 0.700. The van der Waals surface area contributed by atoms with E-state index in [1.165, 1.54) is 24.8 Å². The zero-order valence-corrected chi connectivity index (χ0v) is 10.2. The Morgan fingerprint density at radius 3 is 3.12 bits per heavy atom. The van der Waals surface area contributed by atoms with Crippen molar-refractivity contribution >= 4 is 17.7 Å². The highest BCUT2D eigenvalue weighted by Gasteiger charge is 2.16. The Morgan fingerprint density at radius 1 is 1.65 bits per heavy atom. The lowest BCUT2D eigenvalue weighted by molar-refractivity contribution is 0.0948. The molecule has 1 aromatic rings. The molecule has 0 unspecified atom stereocenters. The van der Waals surface area contributed by atoms with Crippen molar-refractivity contribution in [3.63, 3.8) is 0 Å². The fourth-order valence-electron chi connectivity index (χ4n) is 1.70. The van der Waals surface area contributed by atoms with Crippen molar-refractivity contribution < 1.29 is 4.79 Å². The largest absolute Gasteiger partial charge is 0.350 e. The van der Waals surface area contributed by atoms with Gasteiger partial charge in [-0.25, -0.2) is 4.98 Å². The summed E-state index contributed by atoms with van der Waals surface area (Å²) in [5.41, 5.74) is 0.833. The van der Waals surface area contributed by atoms with Crippen LogP contribution in [0.1, 0.15) is 28.9 Å². The lowest BCUT2D eigenvalue weighted by Gasteiger charge is -2.09. The summed E-state index contributed by atoms with van der Waals surface area (Å²) in [6, 6.07) is 5.15. The van der Waals surface area contributed by atoms with Gasteiger partial charge in [0.15, 0.2) is 0 Å². The van der Waals surface area contributed by atoms with Gasteiger partial charge < -0.3 is 5.32 Å². The van der Waals surface area contributed by atoms with E-state index in [1.807, 2.05) is 17.8 Å². The van der Waals surface area contributed by atoms with Gasteiger partial charge in [-0.15, -0.1) is 0 Å². The number of amides is 1. The van der Waals surface area contributed by atoms with Gasteiger partial charge in [-0.2, -0.15) is 17.0 Å². The maximum Gasteiger partial charge on any atom is 0.269 e. The molecule has 0 saturated carbocycles. The van der Waals surface area contributed by atoms with E-state index in [0.717, 1.165) is 0 Å². The molecule has 88 valence electrons. The van der Waals surface area contributed by atoms with E-state index in [2.05, 4.69) is 10.3 Å². The minimum atomic E-state index is -0.165. The molecule has 5 heteroatoms. The number of nitrogens with one attached hydrogen (secondary N) is 1. The van der Waals surface area contributed by atoms with Crippen LogP contribution in [0.3, 0.4) is 0 Å². The number of aromatic nitrogens is 1. The van der Waals surface area contributed by atoms with Gasteiger partial charge in [0, 0.05) is 18.0 Å². The highest BCUT2D eigenvalue weighted by Crippen LogP contribution is 2.25. The Balaban J connectivity index is 1.88. The first-order valence-electron chi connectivity index (χ1n) is 5.55. The van der Waals surface area contributed by atoms with Crippen molar-refractivity contribution in [2.24, 2.45) is 0 Å². The molecule has 4 nitrogen and oxygen atoms in total. The number of nitrogens with zero attached hydrogens (tertiary/aromatic N) is 2. The smallest absolute Gasteiger partial charge is 0.269 e. The summed E-state index contributed by atoms with van der Waals surface area (Å²) in [4.78, 5) is 15.7. The van der Waals surface area contributed by atoms with Gasteiger partial charge in [0.2, 0.25) is 0 Å². The van der Waals surface area contributed by atoms with E-state index < -0.39 is 0 Å². The van der Waals surface area contributed by atoms with Gasteiger partial charge in [-0.1, -0.05) is 0 Å². The number of thioether (sulfide) groups is 1. The van der Waals surface area contributed by atoms with Crippen LogP contribution in [0.15, 0.2) is 18.3 Å². The molecule has 2 rings (SSSR count). The van der Waals surface area contributed by atoms with Crippen LogP contribution in [0.25, 0.3) is 0 Å². The van der Waals surface area contributed by atoms with Gasteiger partial charge in [-0.3, -0.25) is 4.79 Å². The monoisotopic (exact) mass is 247 g/mol. The Labute approximate surface area is 104 Å². The maximum absolute atomic E-state index is 11.7. The Hall–Kier alpha value is -1.54. The molecule has 1 aliphatic heterocycles. The minimum absolute atomic E-state index is 0.165. The lowest BCUT2D eigenvalue weighted by atomic mass is 10.2. The average Bonchev–Trinajstić information content (AvgIpc) is 2.89. The minimum Gasteiger partial charge on any atom is -0.350 e. The summed E-state index contributed by atoms with van der Waals surface area (Å²) >= 11 is 1.91. The first kappa shape index (κ1) is 11.9. The van der Waals surface area contributed by atoms with E-state index in [1.54, 1.807) is 12.1 Å². The number of pyridine rings is 1. The molecule has 0 spiro atoms. The molecule has 0 aliphatic carbocycles. The number of nitriles is 1. The van der Waals surface area contributed by atoms with E-state index >= 15 is 0 Å². The molecule has 0 radical (unpaired) electrons. The zero-order chi connectivity index (χ0) is 12.1. The van der Waals surface area contributed by atoms with Crippen LogP contribution < -0.4 is 5.32 Å². The first-order chi connectivity index (χ1) is 8.29. The van der Waals surface area contributed by atoms with Gasteiger partial charge in [0.1, 0.15) is 11.8 Å². The second kappa shape index (κ2) is 5.69. The summed E-state index contributed by atoms with van der Waals surface area (Å²) in [5.74, 6) is 1.03. The van der Waals surface area contributed by atoms with Crippen molar-refractivity contribution in [1.82, 2.24) is 10.3 Å². The van der Waals surface area contributed by atoms with Crippen molar-refractivity contribution in [2.75, 3.05) is 12.3 Å². The van der Waals surface area contributed by atoms with E-state index in [-0.39, 0.29) is 5.91 Å². The van der Waals surface area contributed by atoms with Crippen LogP contribution in [-0.4, -0.2) is 28.4 Å². The molecule has 1 atom stereocenters. The number of hydrogen-bond donors (Lipinski definition) is 1. The fourth-order valence-corrected chi connectivity index (χ4v) is 2.90. The molecular formula is C12H13N3OS. The van der Waals surface area contributed by atoms with Gasteiger partial charge in [-0.05, 0) is 30.7 Å². The fraction of sp³-hybridized carbons (Fsp3) is 0.417. The van der Waals surface area contributed by atoms with Gasteiger partial charge >= 0.3 is 0 Å². The quantitative estimate of drug-likeness (QED) is 0.880. The van der Waals surface area contributed by atoms with Gasteiger partial charge in [0.05, 0.1) is 5.56 Å². The van der Waals surface area contributed by atoms with Crippen LogP contribution >= 0.6 is 11.8 Å². The molecule has 17 heavy (non-hydrogen) atoms. The molecule has 1 saturated heterocycles. The second-order valence-electron chi connectivity index (χ2n) is 3.89. The highest BCUT2D eigenvalue weighted by atomic mass is 32.2. The Bertz CT molecular complexity index is 432. The second-order valence-corrected chi connectivity index (χ2v) is 5.30. The third-order valence-electron chi connectivity index (χ3n) is 2.64. The summed E-state index contributed by atoms with van der Waals surface area (Å²) < 4.78 is 0. The molecular weight excluding hydrogens is 234 g/mol. The summed E-state index contributed by atoms with van der Waals surface area (Å²) in [6.07, 6.45) is 3.82. The number of rotatable bonds is 3. The van der Waals surface area contributed by atoms with Crippen LogP contribution in [0.2, 0.25) is 0 Å². The highest BCUT2D eigenvalue weighted by molar-refractivity contribution is 8.00. The van der Waals surface area contributed by atoms with E-state index in [4.69, 9.17) is 5.26 Å². The number of carbonyl (C=O) groups is 1. The predicted molar refractivity (Wildman–Crippen MR) is 66.8 cm³/mol. The standard InChI is InChI=1S/C12H13N3OS/c13-6-9-3-4-11(14-7-9)12(16)15-8-10-2-1-5-17-10/h3-4,7,10H,1-2,5,8H2,(H,15,16)/t10-/m0/s1. The van der Waals surface area contributed by atoms with Crippen LogP contribution in [0, 0.1) is 11.3 Å². The zero-order valence-electron chi connectivity index (χ0n) is 9.35. The normalized spacial score (nSPS) is 18.6.